The molecule has 0 aliphatic carbocycles. The zero-order valence-corrected chi connectivity index (χ0v) is 30.1. The summed E-state index contributed by atoms with van der Waals surface area (Å²) in [6.45, 7) is 4.69. The number of aromatic nitrogens is 1. The second-order valence-corrected chi connectivity index (χ2v) is 13.1. The van der Waals surface area contributed by atoms with Crippen LogP contribution < -0.4 is 0 Å². The summed E-state index contributed by atoms with van der Waals surface area (Å²) < 4.78 is 163. The third kappa shape index (κ3) is 9.13. The van der Waals surface area contributed by atoms with Gasteiger partial charge in [-0.15, -0.1) is 0 Å². The second kappa shape index (κ2) is 14.8. The average molecular weight is 878 g/mol. The monoisotopic (exact) mass is 877 g/mol. The molecule has 0 N–H and O–H groups in total. The predicted octanol–water partition coefficient (Wildman–Crippen LogP) is 13.7. The molecule has 5 rings (SSSR count). The van der Waals surface area contributed by atoms with Gasteiger partial charge in [-0.3, -0.25) is 9.98 Å². The van der Waals surface area contributed by atoms with E-state index >= 15 is 0 Å². The van der Waals surface area contributed by atoms with Crippen LogP contribution in [0.25, 0.3) is 22.3 Å². The van der Waals surface area contributed by atoms with Crippen LogP contribution in [0.1, 0.15) is 53.1 Å². The van der Waals surface area contributed by atoms with Crippen molar-refractivity contribution in [3.63, 3.8) is 0 Å². The fourth-order valence-electron chi connectivity index (χ4n) is 5.42. The number of alkyl halides is 12. The maximum Gasteiger partial charge on any atom is 0.416 e. The fourth-order valence-corrected chi connectivity index (χ4v) is 6.21. The lowest BCUT2D eigenvalue weighted by atomic mass is 9.95. The van der Waals surface area contributed by atoms with E-state index in [1.807, 2.05) is 0 Å². The van der Waals surface area contributed by atoms with Crippen LogP contribution in [0.3, 0.4) is 0 Å². The molecule has 0 saturated carbocycles. The molecule has 0 aliphatic rings. The van der Waals surface area contributed by atoms with E-state index in [1.54, 1.807) is 54.6 Å². The summed E-state index contributed by atoms with van der Waals surface area (Å²) in [6.07, 6.45) is -20.1. The Balaban J connectivity index is 1.50. The summed E-state index contributed by atoms with van der Waals surface area (Å²) in [5.74, 6) is 0. The fraction of sp³-hybridized carbons (Fsp3) is 0.184. The van der Waals surface area contributed by atoms with Crippen LogP contribution in [-0.2, 0) is 24.7 Å². The molecular weight excluding hydrogens is 853 g/mol. The van der Waals surface area contributed by atoms with Crippen LogP contribution in [-0.4, -0.2) is 16.4 Å². The maximum atomic E-state index is 13.5. The van der Waals surface area contributed by atoms with Gasteiger partial charge in [-0.2, -0.15) is 52.7 Å². The molecule has 1 aromatic heterocycles. The molecule has 5 aromatic rings. The number of pyridine rings is 1. The van der Waals surface area contributed by atoms with Crippen LogP contribution in [0.5, 0.6) is 0 Å². The van der Waals surface area contributed by atoms with Gasteiger partial charge >= 0.3 is 24.7 Å². The van der Waals surface area contributed by atoms with Gasteiger partial charge in [0, 0.05) is 3.57 Å². The molecule has 0 radical (unpaired) electrons. The Hall–Kier alpha value is -4.74. The molecule has 0 saturated heterocycles. The molecule has 1 heterocycles. The highest BCUT2D eigenvalue weighted by Crippen LogP contribution is 2.42. The molecule has 0 amide bonds. The second-order valence-electron chi connectivity index (χ2n) is 12.0. The number of aliphatic imine (C=N–C) groups is 2. The Labute approximate surface area is 313 Å². The van der Waals surface area contributed by atoms with Gasteiger partial charge in [0.1, 0.15) is 0 Å². The maximum absolute atomic E-state index is 13.5. The summed E-state index contributed by atoms with van der Waals surface area (Å²) in [4.78, 5) is 13.7. The first-order chi connectivity index (χ1) is 24.9. The predicted molar refractivity (Wildman–Crippen MR) is 189 cm³/mol. The average Bonchev–Trinajstić information content (AvgIpc) is 3.08. The van der Waals surface area contributed by atoms with Crippen molar-refractivity contribution in [1.82, 2.24) is 4.98 Å². The molecular formula is C38H24F12IN3. The minimum Gasteiger partial charge on any atom is -0.251 e. The third-order valence-electron chi connectivity index (χ3n) is 8.15. The Morgan fingerprint density at radius 1 is 0.500 bits per heavy atom. The Morgan fingerprint density at radius 3 is 1.28 bits per heavy atom. The minimum absolute atomic E-state index is 0.0495. The SMILES string of the molecule is CC(=Nc1cccc(-c2cc(C(F)(F)F)cc(C(F)(F)F)c2)c1C)c1cccc(C(C)=Nc2cccc(-c3cc(C(F)(F)F)cc(C(F)(F)F)c3)c2I)n1. The van der Waals surface area contributed by atoms with E-state index in [2.05, 4.69) is 15.0 Å². The Kier molecular flexibility index (Phi) is 11.1. The normalized spacial score (nSPS) is 13.4. The first kappa shape index (κ1) is 40.4. The number of benzene rings is 4. The van der Waals surface area contributed by atoms with Crippen molar-refractivity contribution < 1.29 is 52.7 Å². The molecule has 3 nitrogen and oxygen atoms in total. The van der Waals surface area contributed by atoms with Gasteiger partial charge in [0.25, 0.3) is 0 Å². The third-order valence-corrected chi connectivity index (χ3v) is 9.28. The quantitative estimate of drug-likeness (QED) is 0.0951. The standard InChI is InChI=1S/C38H24F12IN3/c1-19-28(22-13-24(35(39,40)41)17-25(14-22)36(42,43)44)7-4-9-30(19)52-20(2)31-10-6-11-32(54-31)21(3)53-33-12-5-8-29(34(33)51)23-15-26(37(45,46)47)18-27(16-23)38(48,49)50/h4-18H,1-3H3. The van der Waals surface area contributed by atoms with Crippen LogP contribution in [0.2, 0.25) is 0 Å². The van der Waals surface area contributed by atoms with Crippen molar-refractivity contribution >= 4 is 45.4 Å². The van der Waals surface area contributed by atoms with Gasteiger partial charge in [-0.1, -0.05) is 30.3 Å². The zero-order valence-electron chi connectivity index (χ0n) is 27.9. The van der Waals surface area contributed by atoms with Crippen molar-refractivity contribution in [1.29, 1.82) is 0 Å². The lowest BCUT2D eigenvalue weighted by Gasteiger charge is -2.16. The highest BCUT2D eigenvalue weighted by atomic mass is 127. The van der Waals surface area contributed by atoms with Crippen LogP contribution in [0, 0.1) is 10.5 Å². The first-order valence-corrected chi connectivity index (χ1v) is 16.6. The number of hydrogen-bond donors (Lipinski definition) is 0. The Bertz CT molecular complexity index is 2060. The number of halogens is 13. The Morgan fingerprint density at radius 2 is 0.852 bits per heavy atom. The van der Waals surface area contributed by atoms with Gasteiger partial charge in [0.15, 0.2) is 0 Å². The molecule has 54 heavy (non-hydrogen) atoms. The van der Waals surface area contributed by atoms with Crippen molar-refractivity contribution in [2.75, 3.05) is 0 Å². The molecule has 0 aliphatic heterocycles. The van der Waals surface area contributed by atoms with E-state index in [0.29, 0.717) is 52.6 Å². The first-order valence-electron chi connectivity index (χ1n) is 15.5. The molecule has 282 valence electrons. The molecule has 16 heteroatoms. The molecule has 0 atom stereocenters. The van der Waals surface area contributed by atoms with Gasteiger partial charge in [0.05, 0.1) is 56.4 Å². The molecule has 0 fully saturated rings. The summed E-state index contributed by atoms with van der Waals surface area (Å²) in [6, 6.07) is 16.2. The highest BCUT2D eigenvalue weighted by molar-refractivity contribution is 14.1. The van der Waals surface area contributed by atoms with Crippen LogP contribution >= 0.6 is 22.6 Å². The lowest BCUT2D eigenvalue weighted by Crippen LogP contribution is -2.11. The smallest absolute Gasteiger partial charge is 0.251 e. The van der Waals surface area contributed by atoms with Gasteiger partial charge in [0.2, 0.25) is 0 Å². The van der Waals surface area contributed by atoms with E-state index in [9.17, 15) is 52.7 Å². The van der Waals surface area contributed by atoms with Crippen molar-refractivity contribution in [2.45, 2.75) is 45.5 Å². The van der Waals surface area contributed by atoms with E-state index in [4.69, 9.17) is 0 Å². The van der Waals surface area contributed by atoms with Crippen LogP contribution in [0.4, 0.5) is 64.1 Å². The summed E-state index contributed by atoms with van der Waals surface area (Å²) in [5.41, 5.74) is -4.15. The number of nitrogens with zero attached hydrogens (tertiary/aromatic N) is 3. The van der Waals surface area contributed by atoms with Gasteiger partial charge < -0.3 is 0 Å². The summed E-state index contributed by atoms with van der Waals surface area (Å²) in [7, 11) is 0. The van der Waals surface area contributed by atoms with Crippen molar-refractivity contribution in [3.8, 4) is 22.3 Å². The minimum atomic E-state index is -5.03. The highest BCUT2D eigenvalue weighted by Gasteiger charge is 2.38. The number of hydrogen-bond acceptors (Lipinski definition) is 3. The van der Waals surface area contributed by atoms with E-state index in [-0.39, 0.29) is 49.3 Å². The largest absolute Gasteiger partial charge is 0.416 e. The summed E-state index contributed by atoms with van der Waals surface area (Å²) >= 11 is 1.79. The molecule has 0 unspecified atom stereocenters. The van der Waals surface area contributed by atoms with Crippen molar-refractivity contribution in [2.24, 2.45) is 9.98 Å². The number of rotatable bonds is 6. The zero-order chi connectivity index (χ0) is 40.0. The van der Waals surface area contributed by atoms with Gasteiger partial charge in [-0.05, 0) is 132 Å². The van der Waals surface area contributed by atoms with Crippen LogP contribution in [0.15, 0.2) is 101 Å². The lowest BCUT2D eigenvalue weighted by molar-refractivity contribution is -0.144. The summed E-state index contributed by atoms with van der Waals surface area (Å²) in [5, 5.41) is 0. The van der Waals surface area contributed by atoms with Crippen molar-refractivity contribution in [3.05, 3.63) is 134 Å². The molecule has 0 spiro atoms. The molecule has 0 bridgehead atoms. The molecule has 4 aromatic carbocycles. The van der Waals surface area contributed by atoms with Gasteiger partial charge in [-0.25, -0.2) is 4.98 Å². The topological polar surface area (TPSA) is 37.6 Å². The van der Waals surface area contributed by atoms with E-state index in [0.717, 1.165) is 0 Å². The van der Waals surface area contributed by atoms with E-state index < -0.39 is 47.0 Å². The van der Waals surface area contributed by atoms with E-state index in [1.165, 1.54) is 43.3 Å².